The highest BCUT2D eigenvalue weighted by Crippen LogP contribution is 2.29. The number of hydrogen-bond acceptors (Lipinski definition) is 7. The molecule has 0 aromatic heterocycles. The molecule has 1 amide bonds. The van der Waals surface area contributed by atoms with Gasteiger partial charge >= 0.3 is 6.09 Å². The first-order chi connectivity index (χ1) is 23.1. The fraction of sp³-hybridized carbons (Fsp3) is 0.615. The van der Waals surface area contributed by atoms with Gasteiger partial charge in [0, 0.05) is 43.8 Å². The standard InChI is InChI=1S/C39H54FN5O3/c1-39(2,3)48-38(47)43-18-8-11-33-10-6-7-19-45(33)34-26-44(27-34)20-17-31(29-13-15-32(40)16-14-29)24-42-25-37(46)36-22-28(23-41)21-30-9-4-5-12-35(30)36/h13-16,21-22,31,33-34,42H,4-12,17-20,24-27H2,1-3H3,(H,43,47)/t31-,33?/m1/s1. The number of ketones is 1. The van der Waals surface area contributed by atoms with Gasteiger partial charge in [0.1, 0.15) is 11.4 Å². The Hall–Kier alpha value is -3.32. The molecule has 0 saturated carbocycles. The number of nitrogens with zero attached hydrogens (tertiary/aromatic N) is 3. The number of piperidine rings is 1. The van der Waals surface area contributed by atoms with Crippen molar-refractivity contribution >= 4 is 11.9 Å². The van der Waals surface area contributed by atoms with Crippen molar-refractivity contribution in [3.05, 3.63) is 70.0 Å². The third-order valence-electron chi connectivity index (χ3n) is 10.2. The number of hydrogen-bond donors (Lipinski definition) is 2. The Kier molecular flexibility index (Phi) is 12.6. The van der Waals surface area contributed by atoms with Crippen LogP contribution in [0.4, 0.5) is 9.18 Å². The van der Waals surface area contributed by atoms with Gasteiger partial charge in [-0.3, -0.25) is 9.69 Å². The number of rotatable bonds is 14. The highest BCUT2D eigenvalue weighted by atomic mass is 19.1. The average Bonchev–Trinajstić information content (AvgIpc) is 3.04. The van der Waals surface area contributed by atoms with Crippen molar-refractivity contribution in [1.29, 1.82) is 5.26 Å². The Balaban J connectivity index is 1.10. The van der Waals surface area contributed by atoms with Gasteiger partial charge in [0.05, 0.1) is 18.2 Å². The zero-order valence-electron chi connectivity index (χ0n) is 29.2. The van der Waals surface area contributed by atoms with E-state index >= 15 is 0 Å². The summed E-state index contributed by atoms with van der Waals surface area (Å²) in [6.45, 7) is 11.3. The van der Waals surface area contributed by atoms with Crippen molar-refractivity contribution in [3.8, 4) is 6.07 Å². The summed E-state index contributed by atoms with van der Waals surface area (Å²) >= 11 is 0. The molecule has 260 valence electrons. The zero-order chi connectivity index (χ0) is 34.1. The molecule has 0 bridgehead atoms. The van der Waals surface area contributed by atoms with Crippen molar-refractivity contribution in [2.75, 3.05) is 45.8 Å². The van der Waals surface area contributed by atoms with Crippen LogP contribution in [0.25, 0.3) is 0 Å². The minimum atomic E-state index is -0.485. The number of nitriles is 1. The summed E-state index contributed by atoms with van der Waals surface area (Å²) in [6, 6.07) is 13.8. The smallest absolute Gasteiger partial charge is 0.407 e. The van der Waals surface area contributed by atoms with Crippen LogP contribution in [0.3, 0.4) is 0 Å². The van der Waals surface area contributed by atoms with Crippen LogP contribution in [-0.4, -0.2) is 85.2 Å². The maximum absolute atomic E-state index is 13.8. The molecule has 2 fully saturated rings. The summed E-state index contributed by atoms with van der Waals surface area (Å²) in [7, 11) is 0. The van der Waals surface area contributed by atoms with E-state index < -0.39 is 5.60 Å². The first-order valence-corrected chi connectivity index (χ1v) is 18.1. The van der Waals surface area contributed by atoms with E-state index in [1.807, 2.05) is 39.0 Å². The monoisotopic (exact) mass is 659 g/mol. The topological polar surface area (TPSA) is 97.7 Å². The summed E-state index contributed by atoms with van der Waals surface area (Å²) in [4.78, 5) is 30.6. The van der Waals surface area contributed by atoms with Crippen LogP contribution >= 0.6 is 0 Å². The number of Topliss-reactive ketones (excluding diaryl/α,β-unsaturated/α-hetero) is 1. The molecule has 0 spiro atoms. The van der Waals surface area contributed by atoms with E-state index in [9.17, 15) is 19.2 Å². The van der Waals surface area contributed by atoms with E-state index in [4.69, 9.17) is 4.74 Å². The van der Waals surface area contributed by atoms with Gasteiger partial charge in [-0.25, -0.2) is 9.18 Å². The molecule has 0 radical (unpaired) electrons. The van der Waals surface area contributed by atoms with Crippen LogP contribution in [0.1, 0.15) is 111 Å². The molecule has 2 heterocycles. The SMILES string of the molecule is CC(C)(C)OC(=O)NCCCC1CCCCN1C1CN(CC[C@H](CNCC(=O)c2cc(C#N)cc3c2CCCC3)c2ccc(F)cc2)C1. The molecule has 2 aromatic rings. The van der Waals surface area contributed by atoms with Gasteiger partial charge < -0.3 is 20.3 Å². The molecular formula is C39H54FN5O3. The average molecular weight is 660 g/mol. The van der Waals surface area contributed by atoms with E-state index in [0.29, 0.717) is 36.3 Å². The third kappa shape index (κ3) is 10.1. The number of halogens is 1. The van der Waals surface area contributed by atoms with E-state index in [-0.39, 0.29) is 30.2 Å². The number of alkyl carbamates (subject to hydrolysis) is 1. The van der Waals surface area contributed by atoms with E-state index in [2.05, 4.69) is 26.5 Å². The van der Waals surface area contributed by atoms with Crippen molar-refractivity contribution < 1.29 is 18.7 Å². The first kappa shape index (κ1) is 36.0. The molecule has 2 aromatic carbocycles. The van der Waals surface area contributed by atoms with Crippen molar-refractivity contribution in [1.82, 2.24) is 20.4 Å². The minimum Gasteiger partial charge on any atom is -0.444 e. The minimum absolute atomic E-state index is 0.0328. The molecule has 9 heteroatoms. The van der Waals surface area contributed by atoms with Gasteiger partial charge in [-0.15, -0.1) is 0 Å². The molecule has 2 atom stereocenters. The summed E-state index contributed by atoms with van der Waals surface area (Å²) in [6.07, 6.45) is 10.3. The van der Waals surface area contributed by atoms with E-state index in [0.717, 1.165) is 87.8 Å². The van der Waals surface area contributed by atoms with Crippen LogP contribution in [0.2, 0.25) is 0 Å². The van der Waals surface area contributed by atoms with Crippen LogP contribution < -0.4 is 10.6 Å². The summed E-state index contributed by atoms with van der Waals surface area (Å²) < 4.78 is 19.2. The van der Waals surface area contributed by atoms with Gasteiger partial charge in [-0.05, 0) is 139 Å². The summed E-state index contributed by atoms with van der Waals surface area (Å²) in [5.74, 6) is -0.0625. The molecule has 8 nitrogen and oxygen atoms in total. The van der Waals surface area contributed by atoms with E-state index in [1.165, 1.54) is 31.4 Å². The lowest BCUT2D eigenvalue weighted by Crippen LogP contribution is -2.62. The highest BCUT2D eigenvalue weighted by Gasteiger charge is 2.36. The Labute approximate surface area is 286 Å². The van der Waals surface area contributed by atoms with Crippen molar-refractivity contribution in [3.63, 3.8) is 0 Å². The molecule has 5 rings (SSSR count). The second-order valence-corrected chi connectivity index (χ2v) is 14.9. The fourth-order valence-electron chi connectivity index (χ4n) is 7.69. The number of carbonyl (C=O) groups excluding carboxylic acids is 2. The second-order valence-electron chi connectivity index (χ2n) is 14.9. The molecular weight excluding hydrogens is 605 g/mol. The van der Waals surface area contributed by atoms with E-state index in [1.54, 1.807) is 6.07 Å². The Morgan fingerprint density at radius 2 is 1.85 bits per heavy atom. The number of amides is 1. The number of nitrogens with one attached hydrogen (secondary N) is 2. The van der Waals surface area contributed by atoms with Gasteiger partial charge in [-0.2, -0.15) is 5.26 Å². The number of carbonyl (C=O) groups is 2. The summed E-state index contributed by atoms with van der Waals surface area (Å²) in [5, 5.41) is 15.9. The maximum atomic E-state index is 13.8. The molecule has 1 unspecified atom stereocenters. The predicted octanol–water partition coefficient (Wildman–Crippen LogP) is 6.37. The van der Waals surface area contributed by atoms with Crippen LogP contribution in [0.15, 0.2) is 36.4 Å². The lowest BCUT2D eigenvalue weighted by molar-refractivity contribution is -0.0110. The Bertz CT molecular complexity index is 1430. The molecule has 2 aliphatic heterocycles. The molecule has 3 aliphatic rings. The highest BCUT2D eigenvalue weighted by molar-refractivity contribution is 5.99. The van der Waals surface area contributed by atoms with Gasteiger partial charge in [0.2, 0.25) is 0 Å². The van der Waals surface area contributed by atoms with Gasteiger partial charge in [0.15, 0.2) is 5.78 Å². The fourth-order valence-corrected chi connectivity index (χ4v) is 7.69. The molecule has 1 aliphatic carbocycles. The normalized spacial score (nSPS) is 19.5. The second kappa shape index (κ2) is 16.9. The maximum Gasteiger partial charge on any atom is 0.407 e. The first-order valence-electron chi connectivity index (χ1n) is 18.1. The van der Waals surface area contributed by atoms with Gasteiger partial charge in [-0.1, -0.05) is 18.6 Å². The van der Waals surface area contributed by atoms with Crippen LogP contribution in [0.5, 0.6) is 0 Å². The number of fused-ring (bicyclic) bond motifs is 1. The lowest BCUT2D eigenvalue weighted by atomic mass is 9.85. The Morgan fingerprint density at radius 3 is 2.60 bits per heavy atom. The van der Waals surface area contributed by atoms with Crippen LogP contribution in [0, 0.1) is 17.1 Å². The number of likely N-dealkylation sites (tertiary alicyclic amines) is 2. The molecule has 48 heavy (non-hydrogen) atoms. The number of ether oxygens (including phenoxy) is 1. The molecule has 2 saturated heterocycles. The number of aryl methyl sites for hydroxylation is 1. The summed E-state index contributed by atoms with van der Waals surface area (Å²) in [5.41, 5.74) is 4.10. The molecule has 2 N–H and O–H groups in total. The lowest BCUT2D eigenvalue weighted by Gasteiger charge is -2.50. The predicted molar refractivity (Wildman–Crippen MR) is 187 cm³/mol. The van der Waals surface area contributed by atoms with Crippen molar-refractivity contribution in [2.45, 2.75) is 109 Å². The van der Waals surface area contributed by atoms with Crippen LogP contribution in [-0.2, 0) is 17.6 Å². The third-order valence-corrected chi connectivity index (χ3v) is 10.2. The quantitative estimate of drug-likeness (QED) is 0.180. The van der Waals surface area contributed by atoms with Crippen molar-refractivity contribution in [2.24, 2.45) is 0 Å². The zero-order valence-corrected chi connectivity index (χ0v) is 29.2. The largest absolute Gasteiger partial charge is 0.444 e. The van der Waals surface area contributed by atoms with Gasteiger partial charge in [0.25, 0.3) is 0 Å². The number of benzene rings is 2. The Morgan fingerprint density at radius 1 is 1.08 bits per heavy atom.